The molecule has 0 radical (unpaired) electrons. The number of carbonyl (C=O) groups is 1. The quantitative estimate of drug-likeness (QED) is 0.146. The maximum absolute atomic E-state index is 12.3. The summed E-state index contributed by atoms with van der Waals surface area (Å²) in [7, 11) is -2.57. The highest BCUT2D eigenvalue weighted by Crippen LogP contribution is 2.37. The Morgan fingerprint density at radius 3 is 2.06 bits per heavy atom. The molecule has 5 heteroatoms. The predicted molar refractivity (Wildman–Crippen MR) is 152 cm³/mol. The van der Waals surface area contributed by atoms with E-state index in [0.717, 1.165) is 17.6 Å². The first-order chi connectivity index (χ1) is 16.2. The van der Waals surface area contributed by atoms with Crippen molar-refractivity contribution in [3.05, 3.63) is 93.6 Å². The zero-order valence-corrected chi connectivity index (χ0v) is 24.0. The first-order valence-corrected chi connectivity index (χ1v) is 14.9. The van der Waals surface area contributed by atoms with Gasteiger partial charge < -0.3 is 9.16 Å². The van der Waals surface area contributed by atoms with E-state index in [2.05, 4.69) is 124 Å². The second kappa shape index (κ2) is 11.6. The minimum absolute atomic E-state index is 0.0645. The van der Waals surface area contributed by atoms with E-state index in [4.69, 9.17) is 9.16 Å². The molecule has 0 spiro atoms. The molecule has 0 aromatic heterocycles. The van der Waals surface area contributed by atoms with Gasteiger partial charge in [0.05, 0.1) is 6.61 Å². The van der Waals surface area contributed by atoms with Crippen molar-refractivity contribution >= 4 is 47.3 Å². The smallest absolute Gasteiger partial charge is 0.334 e. The van der Waals surface area contributed by atoms with Crippen LogP contribution < -0.4 is 10.4 Å². The summed E-state index contributed by atoms with van der Waals surface area (Å²) >= 11 is 2.22. The number of allylic oxidation sites excluding steroid dienone is 1. The lowest BCUT2D eigenvalue weighted by Gasteiger charge is -2.43. The van der Waals surface area contributed by atoms with Crippen molar-refractivity contribution in [2.24, 2.45) is 0 Å². The zero-order valence-electron chi connectivity index (χ0n) is 20.8. The molecule has 1 aliphatic heterocycles. The second-order valence-electron chi connectivity index (χ2n) is 10.0. The SMILES string of the molecule is C/C(=C\CC1=C[C@H](C/C(C)=C/I)OC1=O)CO[Si](c1ccccc1)(c1ccccc1)C(C)(C)C. The number of ether oxygens (including phenoxy) is 1. The van der Waals surface area contributed by atoms with Gasteiger partial charge in [-0.2, -0.15) is 0 Å². The summed E-state index contributed by atoms with van der Waals surface area (Å²) < 4.78 is 14.5. The number of halogens is 1. The molecule has 0 aliphatic carbocycles. The molecular weight excluding hydrogens is 551 g/mol. The predicted octanol–water partition coefficient (Wildman–Crippen LogP) is 6.48. The van der Waals surface area contributed by atoms with Crippen LogP contribution in [-0.4, -0.2) is 27.0 Å². The number of rotatable bonds is 9. The molecule has 0 saturated heterocycles. The van der Waals surface area contributed by atoms with Crippen molar-refractivity contribution in [2.45, 2.75) is 58.6 Å². The first-order valence-electron chi connectivity index (χ1n) is 11.8. The lowest BCUT2D eigenvalue weighted by molar-refractivity contribution is -0.139. The normalized spacial score (nSPS) is 17.5. The average molecular weight is 587 g/mol. The number of benzene rings is 2. The van der Waals surface area contributed by atoms with Gasteiger partial charge in [-0.1, -0.05) is 121 Å². The Balaban J connectivity index is 1.83. The van der Waals surface area contributed by atoms with Gasteiger partial charge in [-0.3, -0.25) is 0 Å². The van der Waals surface area contributed by atoms with Gasteiger partial charge in [0.2, 0.25) is 0 Å². The van der Waals surface area contributed by atoms with E-state index in [1.807, 2.05) is 10.2 Å². The van der Waals surface area contributed by atoms with Crippen LogP contribution in [0.2, 0.25) is 5.04 Å². The van der Waals surface area contributed by atoms with Gasteiger partial charge >= 0.3 is 5.97 Å². The molecule has 180 valence electrons. The van der Waals surface area contributed by atoms with Crippen LogP contribution in [0.3, 0.4) is 0 Å². The lowest BCUT2D eigenvalue weighted by Crippen LogP contribution is -2.66. The maximum atomic E-state index is 12.3. The first kappa shape index (κ1) is 26.6. The molecule has 2 aromatic rings. The molecule has 3 nitrogen and oxygen atoms in total. The van der Waals surface area contributed by atoms with E-state index < -0.39 is 8.32 Å². The van der Waals surface area contributed by atoms with Crippen molar-refractivity contribution in [3.8, 4) is 0 Å². The highest BCUT2D eigenvalue weighted by Gasteiger charge is 2.50. The second-order valence-corrected chi connectivity index (χ2v) is 14.9. The Hall–Kier alpha value is -1.96. The number of esters is 1. The Bertz CT molecular complexity index is 1030. The molecule has 2 aromatic carbocycles. The monoisotopic (exact) mass is 586 g/mol. The van der Waals surface area contributed by atoms with E-state index >= 15 is 0 Å². The molecule has 0 amide bonds. The molecular formula is C29H35IO3Si. The van der Waals surface area contributed by atoms with E-state index in [1.54, 1.807) is 0 Å². The summed E-state index contributed by atoms with van der Waals surface area (Å²) in [6.45, 7) is 11.5. The molecule has 1 aliphatic rings. The molecule has 0 saturated carbocycles. The summed E-state index contributed by atoms with van der Waals surface area (Å²) in [4.78, 5) is 12.3. The van der Waals surface area contributed by atoms with Crippen LogP contribution in [0.1, 0.15) is 47.5 Å². The number of cyclic esters (lactones) is 1. The zero-order chi connectivity index (χ0) is 24.8. The number of hydrogen-bond acceptors (Lipinski definition) is 3. The van der Waals surface area contributed by atoms with Crippen molar-refractivity contribution in [2.75, 3.05) is 6.61 Å². The lowest BCUT2D eigenvalue weighted by atomic mass is 10.1. The highest BCUT2D eigenvalue weighted by molar-refractivity contribution is 14.1. The Morgan fingerprint density at radius 1 is 1.00 bits per heavy atom. The average Bonchev–Trinajstić information content (AvgIpc) is 3.17. The summed E-state index contributed by atoms with van der Waals surface area (Å²) in [6, 6.07) is 21.3. The van der Waals surface area contributed by atoms with E-state index in [0.29, 0.717) is 13.0 Å². The van der Waals surface area contributed by atoms with Crippen molar-refractivity contribution in [1.82, 2.24) is 0 Å². The van der Waals surface area contributed by atoms with Gasteiger partial charge in [0, 0.05) is 12.0 Å². The van der Waals surface area contributed by atoms with Crippen LogP contribution in [0.4, 0.5) is 0 Å². The highest BCUT2D eigenvalue weighted by atomic mass is 127. The third-order valence-electron chi connectivity index (χ3n) is 6.22. The topological polar surface area (TPSA) is 35.5 Å². The largest absolute Gasteiger partial charge is 0.454 e. The van der Waals surface area contributed by atoms with Gasteiger partial charge in [-0.25, -0.2) is 4.79 Å². The fourth-order valence-corrected chi connectivity index (χ4v) is 9.33. The maximum Gasteiger partial charge on any atom is 0.334 e. The van der Waals surface area contributed by atoms with Gasteiger partial charge in [0.1, 0.15) is 6.10 Å². The van der Waals surface area contributed by atoms with Crippen molar-refractivity contribution < 1.29 is 14.0 Å². The Labute approximate surface area is 219 Å². The molecule has 0 unspecified atom stereocenters. The van der Waals surface area contributed by atoms with E-state index in [9.17, 15) is 4.79 Å². The summed E-state index contributed by atoms with van der Waals surface area (Å²) in [5.74, 6) is -0.205. The van der Waals surface area contributed by atoms with Crippen LogP contribution in [0, 0.1) is 0 Å². The van der Waals surface area contributed by atoms with Gasteiger partial charge in [0.25, 0.3) is 8.32 Å². The van der Waals surface area contributed by atoms with E-state index in [-0.39, 0.29) is 17.1 Å². The van der Waals surface area contributed by atoms with Crippen molar-refractivity contribution in [3.63, 3.8) is 0 Å². The van der Waals surface area contributed by atoms with Crippen molar-refractivity contribution in [1.29, 1.82) is 0 Å². The third-order valence-corrected chi connectivity index (χ3v) is 12.3. The summed E-state index contributed by atoms with van der Waals surface area (Å²) in [6.07, 6.45) is 5.24. The van der Waals surface area contributed by atoms with Crippen LogP contribution in [0.15, 0.2) is 93.6 Å². The van der Waals surface area contributed by atoms with Gasteiger partial charge in [-0.15, -0.1) is 0 Å². The van der Waals surface area contributed by atoms with Gasteiger partial charge in [0.15, 0.2) is 0 Å². The fourth-order valence-electron chi connectivity index (χ4n) is 4.48. The molecule has 0 fully saturated rings. The molecule has 3 rings (SSSR count). The molecule has 0 N–H and O–H groups in total. The van der Waals surface area contributed by atoms with Crippen LogP contribution in [0.25, 0.3) is 0 Å². The van der Waals surface area contributed by atoms with Crippen LogP contribution in [0.5, 0.6) is 0 Å². The molecule has 0 bridgehead atoms. The van der Waals surface area contributed by atoms with Crippen LogP contribution in [-0.2, 0) is 14.0 Å². The summed E-state index contributed by atoms with van der Waals surface area (Å²) in [5.41, 5.74) is 3.06. The molecule has 1 atom stereocenters. The fraction of sp³-hybridized carbons (Fsp3) is 0.345. The number of hydrogen-bond donors (Lipinski definition) is 0. The van der Waals surface area contributed by atoms with Gasteiger partial charge in [-0.05, 0) is 45.8 Å². The number of carbonyl (C=O) groups excluding carboxylic acids is 1. The summed E-state index contributed by atoms with van der Waals surface area (Å²) in [5, 5.41) is 2.47. The van der Waals surface area contributed by atoms with Crippen LogP contribution >= 0.6 is 22.6 Å². The molecule has 34 heavy (non-hydrogen) atoms. The Kier molecular flexibility index (Phi) is 9.12. The standard InChI is InChI=1S/C29H35IO3Si/c1-22(16-17-24-19-25(33-28(24)31)18-23(2)20-30)21-32-34(29(3,4)5,26-12-8-6-9-13-26)27-14-10-7-11-15-27/h6-16,19-20,25H,17-18,21H2,1-5H3/b22-16+,23-20+/t25-/m0/s1. The Morgan fingerprint density at radius 2 is 1.56 bits per heavy atom. The van der Waals surface area contributed by atoms with E-state index in [1.165, 1.54) is 15.9 Å². The minimum atomic E-state index is -2.57. The minimum Gasteiger partial charge on any atom is -0.454 e. The molecule has 1 heterocycles. The third kappa shape index (κ3) is 6.18.